The SMILES string of the molecule is CC(=O)N1CCN(c2nc(N3CCCC3c3cccc(C)c3)c3cn(C(C)C)c(O)c3n2)CC1. The molecular weight excluding hydrogens is 428 g/mol. The van der Waals surface area contributed by atoms with Crippen LogP contribution in [0.5, 0.6) is 5.88 Å². The molecule has 3 aromatic rings. The number of aryl methyl sites for hydroxylation is 1. The number of carbonyl (C=O) groups excluding carboxylic acids is 1. The van der Waals surface area contributed by atoms with Crippen molar-refractivity contribution in [1.29, 1.82) is 0 Å². The fraction of sp³-hybridized carbons (Fsp3) is 0.500. The molecule has 0 bridgehead atoms. The first-order valence-corrected chi connectivity index (χ1v) is 12.3. The van der Waals surface area contributed by atoms with Gasteiger partial charge in [-0.15, -0.1) is 0 Å². The smallest absolute Gasteiger partial charge is 0.228 e. The van der Waals surface area contributed by atoms with E-state index >= 15 is 0 Å². The number of nitrogens with zero attached hydrogens (tertiary/aromatic N) is 6. The van der Waals surface area contributed by atoms with Crippen LogP contribution in [0.25, 0.3) is 10.9 Å². The van der Waals surface area contributed by atoms with Gasteiger partial charge < -0.3 is 24.4 Å². The second kappa shape index (κ2) is 8.81. The maximum absolute atomic E-state index is 11.8. The Morgan fingerprint density at radius 2 is 1.88 bits per heavy atom. The Morgan fingerprint density at radius 3 is 2.56 bits per heavy atom. The molecule has 2 aromatic heterocycles. The van der Waals surface area contributed by atoms with Crippen LogP contribution >= 0.6 is 0 Å². The molecule has 0 aliphatic carbocycles. The first kappa shape index (κ1) is 22.5. The van der Waals surface area contributed by atoms with Gasteiger partial charge in [0.05, 0.1) is 11.4 Å². The van der Waals surface area contributed by atoms with Gasteiger partial charge in [-0.3, -0.25) is 4.79 Å². The molecule has 0 radical (unpaired) electrons. The van der Waals surface area contributed by atoms with Gasteiger partial charge >= 0.3 is 0 Å². The number of aromatic nitrogens is 3. The quantitative estimate of drug-likeness (QED) is 0.631. The molecule has 1 N–H and O–H groups in total. The average Bonchev–Trinajstić information content (AvgIpc) is 3.44. The van der Waals surface area contributed by atoms with E-state index in [0.717, 1.165) is 30.6 Å². The molecule has 0 saturated carbocycles. The normalized spacial score (nSPS) is 19.0. The summed E-state index contributed by atoms with van der Waals surface area (Å²) < 4.78 is 1.87. The van der Waals surface area contributed by atoms with Crippen molar-refractivity contribution in [2.45, 2.75) is 52.6 Å². The Bertz CT molecular complexity index is 1210. The molecule has 5 rings (SSSR count). The van der Waals surface area contributed by atoms with E-state index in [-0.39, 0.29) is 23.9 Å². The molecule has 180 valence electrons. The van der Waals surface area contributed by atoms with E-state index in [2.05, 4.69) is 54.8 Å². The average molecular weight is 463 g/mol. The Hall–Kier alpha value is -3.29. The highest BCUT2D eigenvalue weighted by molar-refractivity contribution is 5.94. The Kier molecular flexibility index (Phi) is 5.83. The Balaban J connectivity index is 1.60. The van der Waals surface area contributed by atoms with Crippen LogP contribution in [0.1, 0.15) is 56.8 Å². The van der Waals surface area contributed by atoms with Crippen LogP contribution in [0.4, 0.5) is 11.8 Å². The van der Waals surface area contributed by atoms with Crippen LogP contribution < -0.4 is 9.80 Å². The van der Waals surface area contributed by atoms with Gasteiger partial charge in [0.25, 0.3) is 0 Å². The van der Waals surface area contributed by atoms with Crippen molar-refractivity contribution in [1.82, 2.24) is 19.4 Å². The Morgan fingerprint density at radius 1 is 1.12 bits per heavy atom. The third kappa shape index (κ3) is 3.95. The molecular formula is C26H34N6O2. The molecule has 2 saturated heterocycles. The van der Waals surface area contributed by atoms with Crippen molar-refractivity contribution in [2.75, 3.05) is 42.5 Å². The summed E-state index contributed by atoms with van der Waals surface area (Å²) in [5.41, 5.74) is 3.15. The number of fused-ring (bicyclic) bond motifs is 1. The van der Waals surface area contributed by atoms with Crippen molar-refractivity contribution in [3.05, 3.63) is 41.6 Å². The van der Waals surface area contributed by atoms with Crippen molar-refractivity contribution >= 4 is 28.6 Å². The third-order valence-electron chi connectivity index (χ3n) is 7.15. The summed E-state index contributed by atoms with van der Waals surface area (Å²) >= 11 is 0. The number of carbonyl (C=O) groups is 1. The zero-order chi connectivity index (χ0) is 24.0. The lowest BCUT2D eigenvalue weighted by Gasteiger charge is -2.35. The maximum Gasteiger partial charge on any atom is 0.228 e. The van der Waals surface area contributed by atoms with Crippen molar-refractivity contribution in [3.8, 4) is 5.88 Å². The van der Waals surface area contributed by atoms with Gasteiger partial charge in [-0.25, -0.2) is 4.98 Å². The molecule has 0 spiro atoms. The zero-order valence-electron chi connectivity index (χ0n) is 20.5. The van der Waals surface area contributed by atoms with Crippen molar-refractivity contribution < 1.29 is 9.90 Å². The number of amides is 1. The number of hydrogen-bond acceptors (Lipinski definition) is 6. The second-order valence-corrected chi connectivity index (χ2v) is 9.82. The first-order valence-electron chi connectivity index (χ1n) is 12.3. The first-order chi connectivity index (χ1) is 16.3. The number of benzene rings is 1. The zero-order valence-corrected chi connectivity index (χ0v) is 20.5. The van der Waals surface area contributed by atoms with Gasteiger partial charge in [-0.05, 0) is 39.2 Å². The summed E-state index contributed by atoms with van der Waals surface area (Å²) in [5, 5.41) is 12.0. The monoisotopic (exact) mass is 462 g/mol. The largest absolute Gasteiger partial charge is 0.493 e. The van der Waals surface area contributed by atoms with E-state index in [0.29, 0.717) is 37.6 Å². The van der Waals surface area contributed by atoms with Gasteiger partial charge in [-0.1, -0.05) is 29.8 Å². The van der Waals surface area contributed by atoms with Crippen LogP contribution in [0.3, 0.4) is 0 Å². The van der Waals surface area contributed by atoms with E-state index in [1.54, 1.807) is 6.92 Å². The number of aromatic hydroxyl groups is 1. The molecule has 8 nitrogen and oxygen atoms in total. The van der Waals surface area contributed by atoms with Crippen molar-refractivity contribution in [3.63, 3.8) is 0 Å². The molecule has 2 aliphatic rings. The van der Waals surface area contributed by atoms with E-state index in [1.807, 2.05) is 15.7 Å². The molecule has 1 atom stereocenters. The fourth-order valence-electron chi connectivity index (χ4n) is 5.28. The summed E-state index contributed by atoms with van der Waals surface area (Å²) in [7, 11) is 0. The second-order valence-electron chi connectivity index (χ2n) is 9.82. The van der Waals surface area contributed by atoms with Gasteiger partial charge in [0.15, 0.2) is 0 Å². The molecule has 34 heavy (non-hydrogen) atoms. The minimum absolute atomic E-state index is 0.0985. The molecule has 2 fully saturated rings. The number of anilines is 2. The minimum atomic E-state index is 0.0985. The predicted octanol–water partition coefficient (Wildman–Crippen LogP) is 4.04. The lowest BCUT2D eigenvalue weighted by Crippen LogP contribution is -2.48. The molecule has 8 heteroatoms. The number of rotatable bonds is 4. The van der Waals surface area contributed by atoms with Gasteiger partial charge in [0.1, 0.15) is 11.3 Å². The van der Waals surface area contributed by atoms with Gasteiger partial charge in [0, 0.05) is 51.9 Å². The fourth-order valence-corrected chi connectivity index (χ4v) is 5.28. The molecule has 2 aliphatic heterocycles. The van der Waals surface area contributed by atoms with E-state index in [9.17, 15) is 9.90 Å². The topological polar surface area (TPSA) is 77.7 Å². The summed E-state index contributed by atoms with van der Waals surface area (Å²) in [6.45, 7) is 11.4. The van der Waals surface area contributed by atoms with Crippen molar-refractivity contribution in [2.24, 2.45) is 0 Å². The standard InChI is InChI=1S/C26H34N6O2/c1-17(2)32-16-21-23(25(32)34)27-26(30-13-11-29(12-14-30)19(4)33)28-24(21)31-10-6-9-22(31)20-8-5-7-18(3)15-20/h5,7-8,15-17,22,34H,6,9-14H2,1-4H3. The van der Waals surface area contributed by atoms with E-state index in [1.165, 1.54) is 11.1 Å². The summed E-state index contributed by atoms with van der Waals surface area (Å²) in [4.78, 5) is 28.1. The lowest BCUT2D eigenvalue weighted by atomic mass is 10.0. The predicted molar refractivity (Wildman–Crippen MR) is 135 cm³/mol. The molecule has 1 amide bonds. The number of piperazine rings is 1. The van der Waals surface area contributed by atoms with Gasteiger partial charge in [-0.2, -0.15) is 4.98 Å². The summed E-state index contributed by atoms with van der Waals surface area (Å²) in [6, 6.07) is 9.07. The molecule has 1 unspecified atom stereocenters. The maximum atomic E-state index is 11.8. The Labute approximate surface area is 200 Å². The van der Waals surface area contributed by atoms with Crippen LogP contribution in [-0.2, 0) is 4.79 Å². The lowest BCUT2D eigenvalue weighted by molar-refractivity contribution is -0.129. The van der Waals surface area contributed by atoms with Gasteiger partial charge in [0.2, 0.25) is 17.7 Å². The number of hydrogen-bond donors (Lipinski definition) is 1. The summed E-state index contributed by atoms with van der Waals surface area (Å²) in [5.74, 6) is 1.79. The molecule has 1 aromatic carbocycles. The molecule has 4 heterocycles. The van der Waals surface area contributed by atoms with E-state index < -0.39 is 0 Å². The highest BCUT2D eigenvalue weighted by Gasteiger charge is 2.32. The van der Waals surface area contributed by atoms with Crippen LogP contribution in [0.15, 0.2) is 30.5 Å². The highest BCUT2D eigenvalue weighted by atomic mass is 16.3. The minimum Gasteiger partial charge on any atom is -0.493 e. The van der Waals surface area contributed by atoms with Crippen LogP contribution in [-0.4, -0.2) is 63.2 Å². The third-order valence-corrected chi connectivity index (χ3v) is 7.15. The summed E-state index contributed by atoms with van der Waals surface area (Å²) in [6.07, 6.45) is 4.15. The highest BCUT2D eigenvalue weighted by Crippen LogP contribution is 2.42. The van der Waals surface area contributed by atoms with E-state index in [4.69, 9.17) is 9.97 Å². The van der Waals surface area contributed by atoms with Crippen LogP contribution in [0.2, 0.25) is 0 Å². The van der Waals surface area contributed by atoms with Crippen LogP contribution in [0, 0.1) is 6.92 Å².